The molecule has 2 heteroatoms. The number of hydrogen-bond donors (Lipinski definition) is 0. The van der Waals surface area contributed by atoms with Crippen molar-refractivity contribution >= 4 is 15.9 Å². The molecule has 0 N–H and O–H groups in total. The predicted molar refractivity (Wildman–Crippen MR) is 80.8 cm³/mol. The van der Waals surface area contributed by atoms with Crippen LogP contribution in [0.25, 0.3) is 0 Å². The van der Waals surface area contributed by atoms with Gasteiger partial charge in [0.05, 0.1) is 0 Å². The van der Waals surface area contributed by atoms with Gasteiger partial charge in [-0.1, -0.05) is 40.9 Å². The lowest BCUT2D eigenvalue weighted by atomic mass is 10.0. The molecular weight excluding hydrogens is 300 g/mol. The van der Waals surface area contributed by atoms with Crippen molar-refractivity contribution < 1.29 is 4.74 Å². The summed E-state index contributed by atoms with van der Waals surface area (Å²) in [6.07, 6.45) is 7.24. The van der Waals surface area contributed by atoms with E-state index in [0.29, 0.717) is 10.9 Å². The Morgan fingerprint density at radius 3 is 2.68 bits per heavy atom. The van der Waals surface area contributed by atoms with E-state index < -0.39 is 0 Å². The van der Waals surface area contributed by atoms with Gasteiger partial charge in [0.1, 0.15) is 11.9 Å². The van der Waals surface area contributed by atoms with Crippen LogP contribution in [0.15, 0.2) is 18.2 Å². The third-order valence-electron chi connectivity index (χ3n) is 5.30. The second kappa shape index (κ2) is 4.51. The van der Waals surface area contributed by atoms with Crippen molar-refractivity contribution in [3.63, 3.8) is 0 Å². The van der Waals surface area contributed by atoms with Crippen LogP contribution in [0.2, 0.25) is 0 Å². The SMILES string of the molecule is CC1Cc2cc(C(Br)C3C4CCCCC43)ccc2O1. The number of fused-ring (bicyclic) bond motifs is 2. The minimum absolute atomic E-state index is 0.350. The third-order valence-corrected chi connectivity index (χ3v) is 6.44. The summed E-state index contributed by atoms with van der Waals surface area (Å²) in [4.78, 5) is 0.557. The molecule has 0 saturated heterocycles. The minimum Gasteiger partial charge on any atom is -0.490 e. The Kier molecular flexibility index (Phi) is 2.91. The van der Waals surface area contributed by atoms with Crippen LogP contribution in [-0.2, 0) is 6.42 Å². The molecule has 3 aliphatic rings. The molecule has 0 spiro atoms. The summed E-state index contributed by atoms with van der Waals surface area (Å²) in [6.45, 7) is 2.15. The van der Waals surface area contributed by atoms with Gasteiger partial charge in [-0.05, 0) is 54.7 Å². The van der Waals surface area contributed by atoms with Gasteiger partial charge in [-0.15, -0.1) is 0 Å². The topological polar surface area (TPSA) is 9.23 Å². The molecule has 1 aromatic carbocycles. The van der Waals surface area contributed by atoms with E-state index in [4.69, 9.17) is 4.74 Å². The molecule has 4 rings (SSSR count). The third kappa shape index (κ3) is 2.03. The lowest BCUT2D eigenvalue weighted by Gasteiger charge is -2.11. The zero-order valence-corrected chi connectivity index (χ0v) is 13.0. The normalized spacial score (nSPS) is 37.2. The number of benzene rings is 1. The Labute approximate surface area is 123 Å². The van der Waals surface area contributed by atoms with Crippen LogP contribution in [0.1, 0.15) is 48.6 Å². The highest BCUT2D eigenvalue weighted by Gasteiger charge is 2.53. The molecule has 19 heavy (non-hydrogen) atoms. The molecular formula is C17H21BrO. The van der Waals surface area contributed by atoms with Gasteiger partial charge >= 0.3 is 0 Å². The minimum atomic E-state index is 0.350. The van der Waals surface area contributed by atoms with Gasteiger partial charge < -0.3 is 4.74 Å². The summed E-state index contributed by atoms with van der Waals surface area (Å²) >= 11 is 3.99. The predicted octanol–water partition coefficient (Wildman–Crippen LogP) is 4.88. The zero-order chi connectivity index (χ0) is 13.0. The monoisotopic (exact) mass is 320 g/mol. The number of halogens is 1. The fourth-order valence-corrected chi connectivity index (χ4v) is 5.39. The van der Waals surface area contributed by atoms with Crippen molar-refractivity contribution in [3.8, 4) is 5.75 Å². The van der Waals surface area contributed by atoms with Crippen molar-refractivity contribution in [2.75, 3.05) is 0 Å². The first-order valence-corrected chi connectivity index (χ1v) is 8.59. The largest absolute Gasteiger partial charge is 0.490 e. The smallest absolute Gasteiger partial charge is 0.123 e. The van der Waals surface area contributed by atoms with Crippen molar-refractivity contribution in [3.05, 3.63) is 29.3 Å². The Morgan fingerprint density at radius 1 is 1.21 bits per heavy atom. The number of alkyl halides is 1. The van der Waals surface area contributed by atoms with Gasteiger partial charge in [-0.2, -0.15) is 0 Å². The summed E-state index contributed by atoms with van der Waals surface area (Å²) in [5.41, 5.74) is 2.87. The molecule has 4 unspecified atom stereocenters. The van der Waals surface area contributed by atoms with E-state index in [-0.39, 0.29) is 0 Å². The van der Waals surface area contributed by atoms with Crippen molar-refractivity contribution in [1.29, 1.82) is 0 Å². The number of rotatable bonds is 2. The maximum absolute atomic E-state index is 5.80. The number of ether oxygens (including phenoxy) is 1. The van der Waals surface area contributed by atoms with E-state index in [9.17, 15) is 0 Å². The average Bonchev–Trinajstić information content (AvgIpc) is 3.02. The molecule has 2 aliphatic carbocycles. The quantitative estimate of drug-likeness (QED) is 0.705. The van der Waals surface area contributed by atoms with Gasteiger partial charge in [0.25, 0.3) is 0 Å². The van der Waals surface area contributed by atoms with Crippen LogP contribution in [0.4, 0.5) is 0 Å². The van der Waals surface area contributed by atoms with E-state index in [1.54, 1.807) is 0 Å². The lowest BCUT2D eigenvalue weighted by Crippen LogP contribution is -2.05. The molecule has 0 aromatic heterocycles. The first kappa shape index (κ1) is 12.3. The highest BCUT2D eigenvalue weighted by Crippen LogP contribution is 2.62. The van der Waals surface area contributed by atoms with Crippen LogP contribution >= 0.6 is 15.9 Å². The van der Waals surface area contributed by atoms with E-state index in [1.165, 1.54) is 36.8 Å². The molecule has 2 saturated carbocycles. The number of hydrogen-bond acceptors (Lipinski definition) is 1. The fraction of sp³-hybridized carbons (Fsp3) is 0.647. The van der Waals surface area contributed by atoms with Gasteiger partial charge in [0.15, 0.2) is 0 Å². The van der Waals surface area contributed by atoms with Crippen LogP contribution in [0.3, 0.4) is 0 Å². The molecule has 0 amide bonds. The molecule has 0 radical (unpaired) electrons. The van der Waals surface area contributed by atoms with E-state index >= 15 is 0 Å². The zero-order valence-electron chi connectivity index (χ0n) is 11.4. The molecule has 1 aromatic rings. The van der Waals surface area contributed by atoms with Crippen LogP contribution in [0.5, 0.6) is 5.75 Å². The van der Waals surface area contributed by atoms with Gasteiger partial charge in [0.2, 0.25) is 0 Å². The molecule has 2 fully saturated rings. The van der Waals surface area contributed by atoms with Crippen LogP contribution in [0, 0.1) is 17.8 Å². The van der Waals surface area contributed by atoms with Crippen LogP contribution in [-0.4, -0.2) is 6.10 Å². The Balaban J connectivity index is 1.55. The second-order valence-corrected chi connectivity index (χ2v) is 7.58. The fourth-order valence-electron chi connectivity index (χ4n) is 4.32. The first-order chi connectivity index (χ1) is 9.24. The summed E-state index contributed by atoms with van der Waals surface area (Å²) in [7, 11) is 0. The summed E-state index contributed by atoms with van der Waals surface area (Å²) < 4.78 is 5.80. The highest BCUT2D eigenvalue weighted by atomic mass is 79.9. The Hall–Kier alpha value is -0.500. The summed E-state index contributed by atoms with van der Waals surface area (Å²) in [5.74, 6) is 3.99. The molecule has 4 atom stereocenters. The van der Waals surface area contributed by atoms with Gasteiger partial charge in [0, 0.05) is 11.2 Å². The van der Waals surface area contributed by atoms with Gasteiger partial charge in [-0.25, -0.2) is 0 Å². The maximum atomic E-state index is 5.80. The molecule has 1 heterocycles. The van der Waals surface area contributed by atoms with E-state index in [0.717, 1.165) is 29.9 Å². The van der Waals surface area contributed by atoms with Gasteiger partial charge in [-0.3, -0.25) is 0 Å². The molecule has 0 bridgehead atoms. The summed E-state index contributed by atoms with van der Waals surface area (Å²) in [6, 6.07) is 6.82. The van der Waals surface area contributed by atoms with E-state index in [2.05, 4.69) is 41.1 Å². The highest BCUT2D eigenvalue weighted by molar-refractivity contribution is 9.09. The summed E-state index contributed by atoms with van der Waals surface area (Å²) in [5, 5.41) is 0. The average molecular weight is 321 g/mol. The maximum Gasteiger partial charge on any atom is 0.123 e. The van der Waals surface area contributed by atoms with Crippen molar-refractivity contribution in [2.45, 2.75) is 50.0 Å². The standard InChI is InChI=1S/C17H21BrO/c1-10-8-12-9-11(6-7-15(12)19-10)17(18)16-13-4-2-3-5-14(13)16/h6-7,9-10,13-14,16-17H,2-5,8H2,1H3. The second-order valence-electron chi connectivity index (χ2n) is 6.59. The lowest BCUT2D eigenvalue weighted by molar-refractivity contribution is 0.254. The van der Waals surface area contributed by atoms with Crippen LogP contribution < -0.4 is 4.74 Å². The van der Waals surface area contributed by atoms with E-state index in [1.807, 2.05) is 0 Å². The molecule has 102 valence electrons. The van der Waals surface area contributed by atoms with Crippen molar-refractivity contribution in [2.24, 2.45) is 17.8 Å². The van der Waals surface area contributed by atoms with Crippen molar-refractivity contribution in [1.82, 2.24) is 0 Å². The molecule has 1 aliphatic heterocycles. The first-order valence-electron chi connectivity index (χ1n) is 7.67. The Bertz CT molecular complexity index is 486. The molecule has 1 nitrogen and oxygen atoms in total. The Morgan fingerprint density at radius 2 is 1.95 bits per heavy atom.